The van der Waals surface area contributed by atoms with Gasteiger partial charge < -0.3 is 9.55 Å². The van der Waals surface area contributed by atoms with Crippen LogP contribution >= 0.6 is 12.2 Å². The Morgan fingerprint density at radius 1 is 1.24 bits per heavy atom. The Hall–Kier alpha value is -1.88. The third-order valence-corrected chi connectivity index (χ3v) is 4.15. The summed E-state index contributed by atoms with van der Waals surface area (Å²) in [7, 11) is 0. The van der Waals surface area contributed by atoms with Gasteiger partial charge in [-0.25, -0.2) is 4.68 Å². The van der Waals surface area contributed by atoms with E-state index in [0.717, 1.165) is 47.6 Å². The van der Waals surface area contributed by atoms with Crippen molar-refractivity contribution in [3.8, 4) is 0 Å². The summed E-state index contributed by atoms with van der Waals surface area (Å²) in [6.07, 6.45) is 2.13. The second-order valence-corrected chi connectivity index (χ2v) is 5.66. The number of H-pyrrole nitrogens is 1. The fourth-order valence-corrected chi connectivity index (χ4v) is 3.05. The zero-order valence-corrected chi connectivity index (χ0v) is 13.3. The molecule has 0 aliphatic carbocycles. The van der Waals surface area contributed by atoms with E-state index in [0.29, 0.717) is 0 Å². The molecule has 0 saturated heterocycles. The number of nitrogens with one attached hydrogen (secondary N) is 1. The molecule has 0 saturated carbocycles. The Balaban J connectivity index is 1.83. The number of rotatable bonds is 5. The first kappa shape index (κ1) is 14.1. The summed E-state index contributed by atoms with van der Waals surface area (Å²) in [5, 5.41) is 4.55. The molecule has 1 N–H and O–H groups in total. The van der Waals surface area contributed by atoms with Crippen molar-refractivity contribution in [3.63, 3.8) is 0 Å². The molecule has 21 heavy (non-hydrogen) atoms. The van der Waals surface area contributed by atoms with Gasteiger partial charge in [-0.3, -0.25) is 0 Å². The molecule has 4 nitrogen and oxygen atoms in total. The lowest BCUT2D eigenvalue weighted by molar-refractivity contribution is 0.603. The highest BCUT2D eigenvalue weighted by Gasteiger charge is 2.13. The number of aromatic nitrogens is 4. The molecule has 0 aliphatic rings. The van der Waals surface area contributed by atoms with Crippen LogP contribution in [0.4, 0.5) is 0 Å². The van der Waals surface area contributed by atoms with E-state index in [-0.39, 0.29) is 0 Å². The predicted octanol–water partition coefficient (Wildman–Crippen LogP) is 3.86. The lowest BCUT2D eigenvalue weighted by Gasteiger charge is -2.06. The van der Waals surface area contributed by atoms with Gasteiger partial charge in [-0.15, -0.1) is 0 Å². The highest BCUT2D eigenvalue weighted by molar-refractivity contribution is 7.71. The number of hydrogen-bond donors (Lipinski definition) is 1. The first-order valence-electron chi connectivity index (χ1n) is 7.40. The zero-order chi connectivity index (χ0) is 14.8. The van der Waals surface area contributed by atoms with E-state index in [1.54, 1.807) is 0 Å². The Bertz CT molecular complexity index is 795. The molecule has 0 fully saturated rings. The number of aryl methyl sites for hydroxylation is 4. The Labute approximate surface area is 129 Å². The van der Waals surface area contributed by atoms with Crippen LogP contribution in [0.3, 0.4) is 0 Å². The highest BCUT2D eigenvalue weighted by Crippen LogP contribution is 2.18. The van der Waals surface area contributed by atoms with Gasteiger partial charge in [-0.1, -0.05) is 30.3 Å². The Morgan fingerprint density at radius 3 is 2.71 bits per heavy atom. The number of hydrogen-bond acceptors (Lipinski definition) is 2. The molecule has 3 rings (SSSR count). The summed E-state index contributed by atoms with van der Waals surface area (Å²) in [5.74, 6) is 0. The van der Waals surface area contributed by atoms with Gasteiger partial charge in [0, 0.05) is 13.1 Å². The summed E-state index contributed by atoms with van der Waals surface area (Å²) >= 11 is 5.47. The van der Waals surface area contributed by atoms with Crippen LogP contribution in [0.1, 0.15) is 24.6 Å². The second kappa shape index (κ2) is 5.85. The largest absolute Gasteiger partial charge is 0.328 e. The first-order valence-corrected chi connectivity index (χ1v) is 7.81. The van der Waals surface area contributed by atoms with Gasteiger partial charge in [0.25, 0.3) is 0 Å². The highest BCUT2D eigenvalue weighted by atomic mass is 32.1. The summed E-state index contributed by atoms with van der Waals surface area (Å²) < 4.78 is 5.00. The van der Waals surface area contributed by atoms with Crippen molar-refractivity contribution >= 4 is 23.4 Å². The molecule has 3 aromatic rings. The molecule has 0 unspecified atom stereocenters. The fraction of sp³-hybridized carbons (Fsp3) is 0.375. The molecule has 0 amide bonds. The minimum absolute atomic E-state index is 0.792. The van der Waals surface area contributed by atoms with Gasteiger partial charge in [-0.05, 0) is 44.5 Å². The number of imidazole rings is 1. The van der Waals surface area contributed by atoms with Crippen molar-refractivity contribution in [1.82, 2.24) is 19.3 Å². The third kappa shape index (κ3) is 2.65. The van der Waals surface area contributed by atoms with Gasteiger partial charge in [-0.2, -0.15) is 5.10 Å². The quantitative estimate of drug-likeness (QED) is 0.727. The van der Waals surface area contributed by atoms with Crippen LogP contribution in [-0.4, -0.2) is 19.3 Å². The van der Waals surface area contributed by atoms with E-state index in [9.17, 15) is 0 Å². The van der Waals surface area contributed by atoms with Crippen molar-refractivity contribution in [3.05, 3.63) is 46.4 Å². The fourth-order valence-electron chi connectivity index (χ4n) is 2.77. The monoisotopic (exact) mass is 300 g/mol. The summed E-state index contributed by atoms with van der Waals surface area (Å²) in [6.45, 7) is 5.90. The normalized spacial score (nSPS) is 11.3. The van der Waals surface area contributed by atoms with Crippen LogP contribution < -0.4 is 0 Å². The lowest BCUT2D eigenvalue weighted by atomic mass is 10.1. The van der Waals surface area contributed by atoms with Crippen LogP contribution in [0, 0.1) is 11.7 Å². The maximum absolute atomic E-state index is 5.47. The maximum atomic E-state index is 5.47. The minimum atomic E-state index is 0.792. The molecule has 0 aliphatic heterocycles. The van der Waals surface area contributed by atoms with E-state index < -0.39 is 0 Å². The average molecular weight is 300 g/mol. The van der Waals surface area contributed by atoms with Crippen molar-refractivity contribution in [1.29, 1.82) is 0 Å². The van der Waals surface area contributed by atoms with Crippen LogP contribution in [0.5, 0.6) is 0 Å². The smallest absolute Gasteiger partial charge is 0.179 e. The van der Waals surface area contributed by atoms with Gasteiger partial charge >= 0.3 is 0 Å². The topological polar surface area (TPSA) is 38.5 Å². The summed E-state index contributed by atoms with van der Waals surface area (Å²) in [5.41, 5.74) is 4.57. The van der Waals surface area contributed by atoms with Crippen molar-refractivity contribution in [2.45, 2.75) is 39.8 Å². The van der Waals surface area contributed by atoms with Gasteiger partial charge in [0.2, 0.25) is 0 Å². The zero-order valence-electron chi connectivity index (χ0n) is 12.5. The first-order chi connectivity index (χ1) is 10.2. The molecular formula is C16H20N4S. The number of fused-ring (bicyclic) bond motifs is 1. The second-order valence-electron chi connectivity index (χ2n) is 5.27. The predicted molar refractivity (Wildman–Crippen MR) is 88.1 cm³/mol. The molecular weight excluding hydrogens is 280 g/mol. The van der Waals surface area contributed by atoms with Crippen LogP contribution in [-0.2, 0) is 19.5 Å². The van der Waals surface area contributed by atoms with Crippen molar-refractivity contribution in [2.75, 3.05) is 0 Å². The van der Waals surface area contributed by atoms with Crippen LogP contribution in [0.25, 0.3) is 11.2 Å². The molecule has 5 heteroatoms. The Kier molecular flexibility index (Phi) is 3.92. The average Bonchev–Trinajstić information content (AvgIpc) is 2.98. The SMILES string of the molecule is CCn1nc(C)c2[nH]c(=S)n(CCCc3ccccc3)c21. The van der Waals surface area contributed by atoms with Crippen LogP contribution in [0.15, 0.2) is 30.3 Å². The van der Waals surface area contributed by atoms with Crippen molar-refractivity contribution in [2.24, 2.45) is 0 Å². The molecule has 0 atom stereocenters. The van der Waals surface area contributed by atoms with E-state index >= 15 is 0 Å². The third-order valence-electron chi connectivity index (χ3n) is 3.82. The molecule has 110 valence electrons. The number of aromatic amines is 1. The van der Waals surface area contributed by atoms with E-state index in [1.807, 2.05) is 11.6 Å². The van der Waals surface area contributed by atoms with Gasteiger partial charge in [0.05, 0.1) is 5.69 Å². The lowest BCUT2D eigenvalue weighted by Crippen LogP contribution is -2.06. The molecule has 0 spiro atoms. The summed E-state index contributed by atoms with van der Waals surface area (Å²) in [6, 6.07) is 10.6. The van der Waals surface area contributed by atoms with Crippen LogP contribution in [0.2, 0.25) is 0 Å². The van der Waals surface area contributed by atoms with E-state index in [4.69, 9.17) is 12.2 Å². The number of nitrogens with zero attached hydrogens (tertiary/aromatic N) is 3. The summed E-state index contributed by atoms with van der Waals surface area (Å²) in [4.78, 5) is 3.29. The van der Waals surface area contributed by atoms with E-state index in [2.05, 4.69) is 51.9 Å². The molecule has 2 aromatic heterocycles. The maximum Gasteiger partial charge on any atom is 0.179 e. The van der Waals surface area contributed by atoms with Gasteiger partial charge in [0.1, 0.15) is 5.52 Å². The molecule has 0 radical (unpaired) electrons. The molecule has 2 heterocycles. The van der Waals surface area contributed by atoms with Crippen molar-refractivity contribution < 1.29 is 0 Å². The van der Waals surface area contributed by atoms with E-state index in [1.165, 1.54) is 5.56 Å². The number of benzene rings is 1. The molecule has 1 aromatic carbocycles. The molecule has 0 bridgehead atoms. The minimum Gasteiger partial charge on any atom is -0.328 e. The standard InChI is InChI=1S/C16H20N4S/c1-3-20-15-14(12(2)18-20)17-16(21)19(15)11-7-10-13-8-5-4-6-9-13/h4-6,8-9H,3,7,10-11H2,1-2H3,(H,17,21). The van der Waals surface area contributed by atoms with Gasteiger partial charge in [0.15, 0.2) is 10.4 Å². The Morgan fingerprint density at radius 2 is 2.00 bits per heavy atom.